The number of benzene rings is 1. The molecule has 21 heavy (non-hydrogen) atoms. The molecule has 2 aromatic rings. The fraction of sp³-hybridized carbons (Fsp3) is 0.500. The minimum Gasteiger partial charge on any atom is -0.330 e. The molecule has 1 aromatic carbocycles. The van der Waals surface area contributed by atoms with Crippen molar-refractivity contribution in [1.82, 2.24) is 9.78 Å². The summed E-state index contributed by atoms with van der Waals surface area (Å²) >= 11 is 0. The molecular formula is C18H23N3. The van der Waals surface area contributed by atoms with Crippen LogP contribution in [0, 0.1) is 0 Å². The van der Waals surface area contributed by atoms with Crippen molar-refractivity contribution in [2.24, 2.45) is 5.73 Å². The molecular weight excluding hydrogens is 258 g/mol. The lowest BCUT2D eigenvalue weighted by molar-refractivity contribution is 0.453. The Balaban J connectivity index is 1.65. The summed E-state index contributed by atoms with van der Waals surface area (Å²) in [5.74, 6) is 0.720. The van der Waals surface area contributed by atoms with E-state index in [0.29, 0.717) is 0 Å². The third-order valence-electron chi connectivity index (χ3n) is 5.34. The molecule has 0 amide bonds. The second kappa shape index (κ2) is 4.99. The second-order valence-corrected chi connectivity index (χ2v) is 6.68. The van der Waals surface area contributed by atoms with Gasteiger partial charge in [0, 0.05) is 29.8 Å². The molecule has 0 atom stereocenters. The molecule has 2 N–H and O–H groups in total. The van der Waals surface area contributed by atoms with E-state index < -0.39 is 0 Å². The van der Waals surface area contributed by atoms with E-state index >= 15 is 0 Å². The molecule has 0 unspecified atom stereocenters. The van der Waals surface area contributed by atoms with Crippen molar-refractivity contribution in [1.29, 1.82) is 0 Å². The van der Waals surface area contributed by atoms with E-state index in [1.807, 2.05) is 6.20 Å². The first-order chi connectivity index (χ1) is 10.3. The van der Waals surface area contributed by atoms with Crippen LogP contribution < -0.4 is 5.73 Å². The summed E-state index contributed by atoms with van der Waals surface area (Å²) in [7, 11) is 0. The van der Waals surface area contributed by atoms with Crippen LogP contribution in [-0.4, -0.2) is 16.3 Å². The Labute approximate surface area is 126 Å². The van der Waals surface area contributed by atoms with Crippen LogP contribution >= 0.6 is 0 Å². The van der Waals surface area contributed by atoms with Crippen molar-refractivity contribution in [3.8, 4) is 5.69 Å². The topological polar surface area (TPSA) is 43.8 Å². The van der Waals surface area contributed by atoms with Crippen LogP contribution in [0.3, 0.4) is 0 Å². The van der Waals surface area contributed by atoms with Crippen LogP contribution in [0.5, 0.6) is 0 Å². The normalized spacial score (nSPS) is 20.8. The molecule has 4 rings (SSSR count). The van der Waals surface area contributed by atoms with E-state index in [2.05, 4.69) is 40.1 Å². The predicted molar refractivity (Wildman–Crippen MR) is 84.7 cm³/mol. The Bertz CT molecular complexity index is 616. The van der Waals surface area contributed by atoms with E-state index in [0.717, 1.165) is 12.5 Å². The molecule has 2 aliphatic rings. The summed E-state index contributed by atoms with van der Waals surface area (Å²) in [4.78, 5) is 0. The number of nitrogens with two attached hydrogens (primary N) is 1. The van der Waals surface area contributed by atoms with Crippen molar-refractivity contribution < 1.29 is 0 Å². The average Bonchev–Trinajstić information content (AvgIpc) is 3.07. The smallest absolute Gasteiger partial charge is 0.0649 e. The Kier molecular flexibility index (Phi) is 3.11. The van der Waals surface area contributed by atoms with Gasteiger partial charge in [-0.05, 0) is 49.4 Å². The molecule has 0 aliphatic heterocycles. The van der Waals surface area contributed by atoms with E-state index in [1.54, 1.807) is 0 Å². The minimum atomic E-state index is 0.224. The molecule has 0 radical (unpaired) electrons. The summed E-state index contributed by atoms with van der Waals surface area (Å²) in [6, 6.07) is 11.1. The number of hydrogen-bond donors (Lipinski definition) is 1. The SMILES string of the molecule is NCC1(c2ccc(-n3nccc3C3CC3)cc2)CCCC1. The first-order valence-electron chi connectivity index (χ1n) is 8.17. The fourth-order valence-electron chi connectivity index (χ4n) is 3.84. The maximum Gasteiger partial charge on any atom is 0.0649 e. The van der Waals surface area contributed by atoms with Crippen molar-refractivity contribution in [3.63, 3.8) is 0 Å². The van der Waals surface area contributed by atoms with Gasteiger partial charge in [-0.1, -0.05) is 25.0 Å². The van der Waals surface area contributed by atoms with Gasteiger partial charge < -0.3 is 5.73 Å². The van der Waals surface area contributed by atoms with Gasteiger partial charge in [-0.25, -0.2) is 4.68 Å². The molecule has 110 valence electrons. The van der Waals surface area contributed by atoms with Gasteiger partial charge in [-0.15, -0.1) is 0 Å². The average molecular weight is 281 g/mol. The Morgan fingerprint density at radius 2 is 1.81 bits per heavy atom. The summed E-state index contributed by atoms with van der Waals surface area (Å²) in [6.45, 7) is 0.765. The second-order valence-electron chi connectivity index (χ2n) is 6.68. The summed E-state index contributed by atoms with van der Waals surface area (Å²) in [5.41, 5.74) is 10.3. The van der Waals surface area contributed by atoms with Crippen LogP contribution in [0.1, 0.15) is 55.7 Å². The highest BCUT2D eigenvalue weighted by atomic mass is 15.3. The molecule has 2 aliphatic carbocycles. The van der Waals surface area contributed by atoms with E-state index in [9.17, 15) is 0 Å². The minimum absolute atomic E-state index is 0.224. The largest absolute Gasteiger partial charge is 0.330 e. The zero-order valence-corrected chi connectivity index (χ0v) is 12.5. The first-order valence-corrected chi connectivity index (χ1v) is 8.17. The highest BCUT2D eigenvalue weighted by molar-refractivity contribution is 5.39. The molecule has 1 heterocycles. The van der Waals surface area contributed by atoms with Crippen molar-refractivity contribution >= 4 is 0 Å². The van der Waals surface area contributed by atoms with Crippen molar-refractivity contribution in [2.45, 2.75) is 49.9 Å². The third kappa shape index (κ3) is 2.20. The van der Waals surface area contributed by atoms with Gasteiger partial charge in [-0.2, -0.15) is 5.10 Å². The van der Waals surface area contributed by atoms with Crippen LogP contribution in [-0.2, 0) is 5.41 Å². The molecule has 0 bridgehead atoms. The Morgan fingerprint density at radius 1 is 1.10 bits per heavy atom. The van der Waals surface area contributed by atoms with Gasteiger partial charge >= 0.3 is 0 Å². The Morgan fingerprint density at radius 3 is 2.43 bits per heavy atom. The number of hydrogen-bond acceptors (Lipinski definition) is 2. The molecule has 2 saturated carbocycles. The summed E-state index contributed by atoms with van der Waals surface area (Å²) in [6.07, 6.45) is 9.61. The van der Waals surface area contributed by atoms with Crippen LogP contribution in [0.2, 0.25) is 0 Å². The number of nitrogens with zero attached hydrogens (tertiary/aromatic N) is 2. The maximum absolute atomic E-state index is 6.09. The lowest BCUT2D eigenvalue weighted by Crippen LogP contribution is -2.31. The quantitative estimate of drug-likeness (QED) is 0.932. The van der Waals surface area contributed by atoms with E-state index in [4.69, 9.17) is 5.73 Å². The molecule has 2 fully saturated rings. The van der Waals surface area contributed by atoms with Crippen molar-refractivity contribution in [2.75, 3.05) is 6.54 Å². The van der Waals surface area contributed by atoms with Crippen LogP contribution in [0.25, 0.3) is 5.69 Å². The van der Waals surface area contributed by atoms with Crippen LogP contribution in [0.15, 0.2) is 36.5 Å². The van der Waals surface area contributed by atoms with E-state index in [1.165, 1.54) is 55.5 Å². The fourth-order valence-corrected chi connectivity index (χ4v) is 3.84. The first kappa shape index (κ1) is 13.1. The highest BCUT2D eigenvalue weighted by Crippen LogP contribution is 2.42. The van der Waals surface area contributed by atoms with E-state index in [-0.39, 0.29) is 5.41 Å². The van der Waals surface area contributed by atoms with Gasteiger partial charge in [0.2, 0.25) is 0 Å². The van der Waals surface area contributed by atoms with Crippen LogP contribution in [0.4, 0.5) is 0 Å². The lowest BCUT2D eigenvalue weighted by atomic mass is 9.79. The monoisotopic (exact) mass is 281 g/mol. The number of aromatic nitrogens is 2. The summed E-state index contributed by atoms with van der Waals surface area (Å²) in [5, 5.41) is 4.50. The highest BCUT2D eigenvalue weighted by Gasteiger charge is 2.34. The van der Waals surface area contributed by atoms with Gasteiger partial charge in [0.15, 0.2) is 0 Å². The van der Waals surface area contributed by atoms with Gasteiger partial charge in [0.25, 0.3) is 0 Å². The number of rotatable bonds is 4. The van der Waals surface area contributed by atoms with Gasteiger partial charge in [0.05, 0.1) is 5.69 Å². The zero-order valence-electron chi connectivity index (χ0n) is 12.5. The summed E-state index contributed by atoms with van der Waals surface area (Å²) < 4.78 is 2.10. The molecule has 3 nitrogen and oxygen atoms in total. The van der Waals surface area contributed by atoms with Gasteiger partial charge in [-0.3, -0.25) is 0 Å². The Hall–Kier alpha value is -1.61. The molecule has 3 heteroatoms. The third-order valence-corrected chi connectivity index (χ3v) is 5.34. The predicted octanol–water partition coefficient (Wildman–Crippen LogP) is 3.52. The standard InChI is InChI=1S/C18H23N3/c19-13-18(10-1-2-11-18)15-5-7-16(8-6-15)21-17(9-12-20-21)14-3-4-14/h5-9,12,14H,1-4,10-11,13,19H2. The van der Waals surface area contributed by atoms with Crippen molar-refractivity contribution in [3.05, 3.63) is 47.8 Å². The zero-order chi connectivity index (χ0) is 14.3. The maximum atomic E-state index is 6.09. The lowest BCUT2D eigenvalue weighted by Gasteiger charge is -2.28. The molecule has 0 saturated heterocycles. The molecule has 1 aromatic heterocycles. The van der Waals surface area contributed by atoms with Gasteiger partial charge in [0.1, 0.15) is 0 Å². The molecule has 0 spiro atoms.